The second-order valence-electron chi connectivity index (χ2n) is 8.10. The first-order valence-corrected chi connectivity index (χ1v) is 11.2. The minimum atomic E-state index is -1.32. The summed E-state index contributed by atoms with van der Waals surface area (Å²) in [4.78, 5) is 24.5. The number of thiocarbonyl (C=S) groups is 1. The minimum absolute atomic E-state index is 0.0102. The topological polar surface area (TPSA) is 129 Å². The molecule has 1 amide bonds. The molecule has 9 nitrogen and oxygen atoms in total. The Labute approximate surface area is 205 Å². The molecular weight excluding hydrogens is 470 g/mol. The minimum Gasteiger partial charge on any atom is -0.508 e. The van der Waals surface area contributed by atoms with Crippen LogP contribution < -0.4 is 20.7 Å². The van der Waals surface area contributed by atoms with Crippen LogP contribution in [0.4, 0.5) is 5.69 Å². The summed E-state index contributed by atoms with van der Waals surface area (Å²) in [5.41, 5.74) is 1.28. The summed E-state index contributed by atoms with van der Waals surface area (Å²) in [7, 11) is 1.57. The number of aromatic hydroxyl groups is 2. The number of carbonyl (C=O) groups excluding carboxylic acids is 2. The van der Waals surface area contributed by atoms with Gasteiger partial charge in [0.25, 0.3) is 0 Å². The molecule has 5 N–H and O–H groups in total. The Morgan fingerprint density at radius 3 is 2.23 bits per heavy atom. The van der Waals surface area contributed by atoms with Crippen molar-refractivity contribution in [2.24, 2.45) is 0 Å². The van der Waals surface area contributed by atoms with Gasteiger partial charge in [-0.3, -0.25) is 4.79 Å². The third-order valence-electron chi connectivity index (χ3n) is 5.95. The van der Waals surface area contributed by atoms with Gasteiger partial charge in [0.15, 0.2) is 10.7 Å². The fourth-order valence-electron chi connectivity index (χ4n) is 4.37. The molecule has 0 saturated carbocycles. The largest absolute Gasteiger partial charge is 0.508 e. The molecule has 0 radical (unpaired) electrons. The predicted molar refractivity (Wildman–Crippen MR) is 131 cm³/mol. The number of rotatable bonds is 4. The van der Waals surface area contributed by atoms with Gasteiger partial charge in [-0.05, 0) is 48.6 Å². The van der Waals surface area contributed by atoms with Crippen LogP contribution in [0.1, 0.15) is 33.5 Å². The highest BCUT2D eigenvalue weighted by atomic mass is 32.1. The SMILES string of the molecule is CNC(=O)CCNC(=S)Nc1ccc2c(c1)C(=O)OC21c2ccc(O)cc2Oc2cc(O)ccc21. The van der Waals surface area contributed by atoms with Crippen LogP contribution in [0.5, 0.6) is 23.0 Å². The van der Waals surface area contributed by atoms with Crippen LogP contribution in [-0.4, -0.2) is 40.8 Å². The molecule has 1 spiro atoms. The van der Waals surface area contributed by atoms with Crippen molar-refractivity contribution in [1.29, 1.82) is 0 Å². The molecule has 0 atom stereocenters. The summed E-state index contributed by atoms with van der Waals surface area (Å²) in [6.45, 7) is 0.356. The van der Waals surface area contributed by atoms with Crippen molar-refractivity contribution in [1.82, 2.24) is 10.6 Å². The molecule has 0 unspecified atom stereocenters. The van der Waals surface area contributed by atoms with Gasteiger partial charge in [-0.1, -0.05) is 6.07 Å². The quantitative estimate of drug-likeness (QED) is 0.276. The standard InChI is InChI=1S/C25H21N3O6S/c1-26-22(31)8-9-27-24(35)28-13-2-5-17-16(10-13)23(32)34-25(17)18-6-3-14(29)11-20(18)33-21-12-15(30)4-7-19(21)25/h2-7,10-12,29-30H,8-9H2,1H3,(H,26,31)(H2,27,28,35). The average molecular weight is 492 g/mol. The van der Waals surface area contributed by atoms with Crippen LogP contribution in [0.2, 0.25) is 0 Å². The number of ether oxygens (including phenoxy) is 2. The van der Waals surface area contributed by atoms with Gasteiger partial charge in [0.2, 0.25) is 5.91 Å². The van der Waals surface area contributed by atoms with Gasteiger partial charge in [-0.15, -0.1) is 0 Å². The summed E-state index contributed by atoms with van der Waals surface area (Å²) in [5.74, 6) is -0.0421. The van der Waals surface area contributed by atoms with E-state index in [1.807, 2.05) is 0 Å². The number of phenols is 2. The van der Waals surface area contributed by atoms with E-state index in [4.69, 9.17) is 21.7 Å². The first-order chi connectivity index (χ1) is 16.8. The fourth-order valence-corrected chi connectivity index (χ4v) is 4.59. The normalized spacial score (nSPS) is 14.1. The number of amides is 1. The molecular formula is C25H21N3O6S. The summed E-state index contributed by atoms with van der Waals surface area (Å²) in [6, 6.07) is 14.4. The van der Waals surface area contributed by atoms with Crippen molar-refractivity contribution in [2.45, 2.75) is 12.0 Å². The van der Waals surface area contributed by atoms with E-state index in [0.717, 1.165) is 0 Å². The molecule has 3 aromatic rings. The third kappa shape index (κ3) is 3.77. The van der Waals surface area contributed by atoms with Gasteiger partial charge in [0.1, 0.15) is 23.0 Å². The molecule has 2 heterocycles. The molecule has 2 aliphatic heterocycles. The fraction of sp³-hybridized carbons (Fsp3) is 0.160. The summed E-state index contributed by atoms with van der Waals surface area (Å²) in [6.07, 6.45) is 0.267. The van der Waals surface area contributed by atoms with E-state index in [9.17, 15) is 19.8 Å². The van der Waals surface area contributed by atoms with Crippen LogP contribution >= 0.6 is 12.2 Å². The van der Waals surface area contributed by atoms with E-state index >= 15 is 0 Å². The Hall–Kier alpha value is -4.31. The maximum Gasteiger partial charge on any atom is 0.340 e. The zero-order valence-corrected chi connectivity index (χ0v) is 19.4. The van der Waals surface area contributed by atoms with Crippen LogP contribution in [0.15, 0.2) is 54.6 Å². The zero-order chi connectivity index (χ0) is 24.7. The van der Waals surface area contributed by atoms with Crippen LogP contribution in [-0.2, 0) is 15.1 Å². The van der Waals surface area contributed by atoms with Crippen LogP contribution in [0.3, 0.4) is 0 Å². The van der Waals surface area contributed by atoms with Crippen LogP contribution in [0, 0.1) is 0 Å². The molecule has 10 heteroatoms. The Bertz CT molecular complexity index is 1340. The van der Waals surface area contributed by atoms with Gasteiger partial charge >= 0.3 is 5.97 Å². The monoisotopic (exact) mass is 491 g/mol. The van der Waals surface area contributed by atoms with E-state index in [2.05, 4.69) is 16.0 Å². The Kier molecular flexibility index (Phi) is 5.45. The first kappa shape index (κ1) is 22.5. The number of phenolic OH excluding ortho intramolecular Hbond substituents is 2. The molecule has 0 saturated heterocycles. The number of hydrogen-bond donors (Lipinski definition) is 5. The lowest BCUT2D eigenvalue weighted by molar-refractivity contribution is -0.120. The smallest absolute Gasteiger partial charge is 0.340 e. The van der Waals surface area contributed by atoms with Crippen molar-refractivity contribution >= 4 is 34.9 Å². The highest BCUT2D eigenvalue weighted by Crippen LogP contribution is 2.57. The number of esters is 1. The van der Waals surface area contributed by atoms with Gasteiger partial charge in [0, 0.05) is 54.5 Å². The highest BCUT2D eigenvalue weighted by molar-refractivity contribution is 7.80. The lowest BCUT2D eigenvalue weighted by atomic mass is 9.77. The number of nitrogens with one attached hydrogen (secondary N) is 3. The first-order valence-electron chi connectivity index (χ1n) is 10.8. The molecule has 0 aromatic heterocycles. The van der Waals surface area contributed by atoms with Crippen molar-refractivity contribution < 1.29 is 29.3 Å². The number of anilines is 1. The lowest BCUT2D eigenvalue weighted by Gasteiger charge is -2.36. The van der Waals surface area contributed by atoms with E-state index < -0.39 is 11.6 Å². The maximum absolute atomic E-state index is 13.1. The molecule has 2 aliphatic rings. The third-order valence-corrected chi connectivity index (χ3v) is 6.19. The summed E-state index contributed by atoms with van der Waals surface area (Å²) < 4.78 is 12.0. The summed E-state index contributed by atoms with van der Waals surface area (Å²) in [5, 5.41) is 28.8. The molecule has 178 valence electrons. The molecule has 35 heavy (non-hydrogen) atoms. The van der Waals surface area contributed by atoms with Gasteiger partial charge in [-0.25, -0.2) is 4.79 Å². The highest BCUT2D eigenvalue weighted by Gasteiger charge is 2.53. The van der Waals surface area contributed by atoms with E-state index in [1.165, 1.54) is 24.3 Å². The lowest BCUT2D eigenvalue weighted by Crippen LogP contribution is -2.33. The molecule has 3 aromatic carbocycles. The van der Waals surface area contributed by atoms with Crippen molar-refractivity contribution in [2.75, 3.05) is 18.9 Å². The van der Waals surface area contributed by atoms with E-state index in [1.54, 1.807) is 37.4 Å². The maximum atomic E-state index is 13.1. The van der Waals surface area contributed by atoms with Crippen LogP contribution in [0.25, 0.3) is 0 Å². The molecule has 5 rings (SSSR count). The summed E-state index contributed by atoms with van der Waals surface area (Å²) >= 11 is 5.29. The van der Waals surface area contributed by atoms with Gasteiger partial charge in [0.05, 0.1) is 5.56 Å². The number of benzene rings is 3. The number of carbonyl (C=O) groups is 2. The van der Waals surface area contributed by atoms with Crippen molar-refractivity contribution in [3.8, 4) is 23.0 Å². The van der Waals surface area contributed by atoms with E-state index in [0.29, 0.717) is 51.1 Å². The van der Waals surface area contributed by atoms with Crippen molar-refractivity contribution in [3.63, 3.8) is 0 Å². The number of fused-ring (bicyclic) bond motifs is 6. The molecule has 0 bridgehead atoms. The predicted octanol–water partition coefficient (Wildman–Crippen LogP) is 3.09. The second-order valence-corrected chi connectivity index (χ2v) is 8.51. The Morgan fingerprint density at radius 2 is 1.60 bits per heavy atom. The Morgan fingerprint density at radius 1 is 0.971 bits per heavy atom. The average Bonchev–Trinajstić information content (AvgIpc) is 3.10. The number of hydrogen-bond acceptors (Lipinski definition) is 7. The van der Waals surface area contributed by atoms with Crippen molar-refractivity contribution in [3.05, 3.63) is 76.9 Å². The zero-order valence-electron chi connectivity index (χ0n) is 18.5. The van der Waals surface area contributed by atoms with Gasteiger partial charge in [-0.2, -0.15) is 0 Å². The molecule has 0 fully saturated rings. The van der Waals surface area contributed by atoms with Gasteiger partial charge < -0.3 is 35.6 Å². The van der Waals surface area contributed by atoms with E-state index in [-0.39, 0.29) is 23.8 Å². The molecule has 0 aliphatic carbocycles. The Balaban J connectivity index is 1.52. The second kappa shape index (κ2) is 8.48.